The summed E-state index contributed by atoms with van der Waals surface area (Å²) >= 11 is 0. The van der Waals surface area contributed by atoms with E-state index in [1.165, 1.54) is 0 Å². The Morgan fingerprint density at radius 2 is 2.24 bits per heavy atom. The van der Waals surface area contributed by atoms with Crippen LogP contribution in [-0.2, 0) is 6.54 Å². The molecule has 0 unspecified atom stereocenters. The number of hydrogen-bond donors (Lipinski definition) is 2. The van der Waals surface area contributed by atoms with Crippen molar-refractivity contribution in [3.63, 3.8) is 0 Å². The van der Waals surface area contributed by atoms with Crippen LogP contribution >= 0.6 is 0 Å². The van der Waals surface area contributed by atoms with Gasteiger partial charge >= 0.3 is 0 Å². The van der Waals surface area contributed by atoms with E-state index in [1.807, 2.05) is 22.9 Å². The maximum Gasteiger partial charge on any atom is 0.191 e. The topological polar surface area (TPSA) is 67.1 Å². The van der Waals surface area contributed by atoms with Gasteiger partial charge in [-0.2, -0.15) is 0 Å². The molecule has 0 spiro atoms. The molecule has 21 heavy (non-hydrogen) atoms. The average molecular weight is 286 g/mol. The predicted octanol–water partition coefficient (Wildman–Crippen LogP) is 1.73. The van der Waals surface area contributed by atoms with Crippen molar-refractivity contribution in [1.82, 2.24) is 25.2 Å². The third kappa shape index (κ3) is 4.59. The summed E-state index contributed by atoms with van der Waals surface area (Å²) in [4.78, 5) is 13.0. The van der Waals surface area contributed by atoms with Gasteiger partial charge in [0.05, 0.1) is 6.54 Å². The summed E-state index contributed by atoms with van der Waals surface area (Å²) < 4.78 is 1.88. The third-order valence-electron chi connectivity index (χ3n) is 2.77. The van der Waals surface area contributed by atoms with Crippen LogP contribution in [-0.4, -0.2) is 33.1 Å². The van der Waals surface area contributed by atoms with Crippen molar-refractivity contribution in [1.29, 1.82) is 0 Å². The van der Waals surface area contributed by atoms with Crippen LogP contribution in [0.15, 0.2) is 42.0 Å². The standard InChI is InChI=1S/C15H22N6/c1-4-17-15(20-12(2)3)19-10-13-5-6-18-14(9-13)21-8-7-16-11-21/h5-9,11-12H,4,10H2,1-3H3,(H2,17,19,20). The summed E-state index contributed by atoms with van der Waals surface area (Å²) in [6, 6.07) is 4.34. The molecule has 2 aromatic rings. The molecule has 0 saturated carbocycles. The van der Waals surface area contributed by atoms with Gasteiger partial charge in [0.25, 0.3) is 0 Å². The first kappa shape index (κ1) is 15.0. The van der Waals surface area contributed by atoms with Crippen LogP contribution in [0.5, 0.6) is 0 Å². The Labute approximate surface area is 125 Å². The van der Waals surface area contributed by atoms with Gasteiger partial charge in [-0.15, -0.1) is 0 Å². The molecule has 2 rings (SSSR count). The Hall–Kier alpha value is -2.37. The van der Waals surface area contributed by atoms with Gasteiger partial charge < -0.3 is 10.6 Å². The molecule has 0 aromatic carbocycles. The number of guanidine groups is 1. The van der Waals surface area contributed by atoms with E-state index in [0.717, 1.165) is 23.9 Å². The molecule has 0 radical (unpaired) electrons. The molecular weight excluding hydrogens is 264 g/mol. The second-order valence-corrected chi connectivity index (χ2v) is 4.99. The van der Waals surface area contributed by atoms with Crippen molar-refractivity contribution >= 4 is 5.96 Å². The second kappa shape index (κ2) is 7.42. The van der Waals surface area contributed by atoms with E-state index >= 15 is 0 Å². The monoisotopic (exact) mass is 286 g/mol. The predicted molar refractivity (Wildman–Crippen MR) is 84.4 cm³/mol. The van der Waals surface area contributed by atoms with Crippen LogP contribution in [0, 0.1) is 0 Å². The summed E-state index contributed by atoms with van der Waals surface area (Å²) in [6.45, 7) is 7.69. The molecule has 2 N–H and O–H groups in total. The molecule has 0 fully saturated rings. The highest BCUT2D eigenvalue weighted by molar-refractivity contribution is 5.79. The number of hydrogen-bond acceptors (Lipinski definition) is 3. The molecule has 0 aliphatic heterocycles. The number of imidazole rings is 1. The van der Waals surface area contributed by atoms with Crippen molar-refractivity contribution < 1.29 is 0 Å². The van der Waals surface area contributed by atoms with Gasteiger partial charge in [0, 0.05) is 31.2 Å². The fourth-order valence-electron chi connectivity index (χ4n) is 1.86. The molecule has 112 valence electrons. The number of pyridine rings is 1. The van der Waals surface area contributed by atoms with Gasteiger partial charge in [-0.05, 0) is 38.5 Å². The third-order valence-corrected chi connectivity index (χ3v) is 2.77. The van der Waals surface area contributed by atoms with E-state index < -0.39 is 0 Å². The molecule has 0 aliphatic rings. The average Bonchev–Trinajstić information content (AvgIpc) is 2.99. The second-order valence-electron chi connectivity index (χ2n) is 4.99. The first-order valence-corrected chi connectivity index (χ1v) is 7.17. The summed E-state index contributed by atoms with van der Waals surface area (Å²) in [5, 5.41) is 6.54. The molecule has 6 heteroatoms. The van der Waals surface area contributed by atoms with Crippen LogP contribution in [0.2, 0.25) is 0 Å². The van der Waals surface area contributed by atoms with Crippen LogP contribution in [0.25, 0.3) is 5.82 Å². The molecule has 2 aromatic heterocycles. The van der Waals surface area contributed by atoms with Crippen LogP contribution < -0.4 is 10.6 Å². The van der Waals surface area contributed by atoms with E-state index in [1.54, 1.807) is 18.7 Å². The Bertz CT molecular complexity index is 574. The van der Waals surface area contributed by atoms with Gasteiger partial charge in [0.1, 0.15) is 12.1 Å². The first-order chi connectivity index (χ1) is 10.2. The summed E-state index contributed by atoms with van der Waals surface area (Å²) in [5.41, 5.74) is 1.11. The first-order valence-electron chi connectivity index (χ1n) is 7.17. The van der Waals surface area contributed by atoms with E-state index in [-0.39, 0.29) is 0 Å². The number of nitrogens with zero attached hydrogens (tertiary/aromatic N) is 4. The van der Waals surface area contributed by atoms with Gasteiger partial charge in [-0.1, -0.05) is 0 Å². The van der Waals surface area contributed by atoms with Gasteiger partial charge in [0.2, 0.25) is 0 Å². The van der Waals surface area contributed by atoms with Crippen molar-refractivity contribution in [3.05, 3.63) is 42.6 Å². The number of aromatic nitrogens is 3. The van der Waals surface area contributed by atoms with Crippen molar-refractivity contribution in [2.45, 2.75) is 33.4 Å². The van der Waals surface area contributed by atoms with Crippen LogP contribution in [0.3, 0.4) is 0 Å². The minimum absolute atomic E-state index is 0.349. The quantitative estimate of drug-likeness (QED) is 0.649. The van der Waals surface area contributed by atoms with Crippen molar-refractivity contribution in [2.75, 3.05) is 6.54 Å². The zero-order valence-corrected chi connectivity index (χ0v) is 12.7. The molecule has 0 bridgehead atoms. The number of aliphatic imine (C=N–C) groups is 1. The Morgan fingerprint density at radius 1 is 1.38 bits per heavy atom. The van der Waals surface area contributed by atoms with Crippen LogP contribution in [0.1, 0.15) is 26.3 Å². The molecule has 2 heterocycles. The number of rotatable bonds is 5. The molecular formula is C15H22N6. The largest absolute Gasteiger partial charge is 0.357 e. The Kier molecular flexibility index (Phi) is 5.31. The Balaban J connectivity index is 2.09. The smallest absolute Gasteiger partial charge is 0.191 e. The van der Waals surface area contributed by atoms with Crippen molar-refractivity contribution in [3.8, 4) is 5.82 Å². The maximum absolute atomic E-state index is 4.59. The highest BCUT2D eigenvalue weighted by Gasteiger charge is 2.02. The fraction of sp³-hybridized carbons (Fsp3) is 0.400. The van der Waals surface area contributed by atoms with Crippen LogP contribution in [0.4, 0.5) is 0 Å². The van der Waals surface area contributed by atoms with Crippen molar-refractivity contribution in [2.24, 2.45) is 4.99 Å². The van der Waals surface area contributed by atoms with Gasteiger partial charge in [0.15, 0.2) is 5.96 Å². The molecule has 0 aliphatic carbocycles. The molecule has 6 nitrogen and oxygen atoms in total. The Morgan fingerprint density at radius 3 is 2.90 bits per heavy atom. The lowest BCUT2D eigenvalue weighted by Gasteiger charge is -2.14. The molecule has 0 atom stereocenters. The zero-order valence-electron chi connectivity index (χ0n) is 12.7. The van der Waals surface area contributed by atoms with E-state index in [2.05, 4.69) is 46.4 Å². The minimum atomic E-state index is 0.349. The highest BCUT2D eigenvalue weighted by Crippen LogP contribution is 2.07. The van der Waals surface area contributed by atoms with E-state index in [9.17, 15) is 0 Å². The molecule has 0 saturated heterocycles. The SMILES string of the molecule is CCNC(=NCc1ccnc(-n2ccnc2)c1)NC(C)C. The highest BCUT2D eigenvalue weighted by atomic mass is 15.2. The lowest BCUT2D eigenvalue weighted by molar-refractivity contribution is 0.700. The maximum atomic E-state index is 4.59. The van der Waals surface area contributed by atoms with E-state index in [4.69, 9.17) is 0 Å². The summed E-state index contributed by atoms with van der Waals surface area (Å²) in [5.74, 6) is 1.68. The number of nitrogens with one attached hydrogen (secondary N) is 2. The van der Waals surface area contributed by atoms with E-state index in [0.29, 0.717) is 12.6 Å². The lowest BCUT2D eigenvalue weighted by Crippen LogP contribution is -2.41. The zero-order chi connectivity index (χ0) is 15.1. The lowest BCUT2D eigenvalue weighted by atomic mass is 10.2. The normalized spacial score (nSPS) is 11.7. The minimum Gasteiger partial charge on any atom is -0.357 e. The summed E-state index contributed by atoms with van der Waals surface area (Å²) in [7, 11) is 0. The fourth-order valence-corrected chi connectivity index (χ4v) is 1.86. The van der Waals surface area contributed by atoms with Gasteiger partial charge in [-0.3, -0.25) is 4.57 Å². The van der Waals surface area contributed by atoms with Gasteiger partial charge in [-0.25, -0.2) is 15.0 Å². The summed E-state index contributed by atoms with van der Waals surface area (Å²) in [6.07, 6.45) is 7.14. The molecule has 0 amide bonds.